The summed E-state index contributed by atoms with van der Waals surface area (Å²) in [5.41, 5.74) is 1.44. The lowest BCUT2D eigenvalue weighted by Crippen LogP contribution is -2.35. The first-order chi connectivity index (χ1) is 14.8. The van der Waals surface area contributed by atoms with Crippen LogP contribution in [0, 0.1) is 0 Å². The Bertz CT molecular complexity index is 938. The number of esters is 3. The van der Waals surface area contributed by atoms with Gasteiger partial charge in [0.05, 0.1) is 46.5 Å². The monoisotopic (exact) mass is 469 g/mol. The molecule has 168 valence electrons. The number of carbonyl (C=O) groups excluding carboxylic acids is 3. The van der Waals surface area contributed by atoms with Gasteiger partial charge < -0.3 is 19.5 Å². The number of nitrogens with one attached hydrogen (secondary N) is 1. The van der Waals surface area contributed by atoms with Gasteiger partial charge in [-0.3, -0.25) is 4.79 Å². The lowest BCUT2D eigenvalue weighted by atomic mass is 9.80. The Morgan fingerprint density at radius 1 is 1.06 bits per heavy atom. The van der Waals surface area contributed by atoms with E-state index in [1.54, 1.807) is 32.0 Å². The van der Waals surface area contributed by atoms with E-state index in [0.717, 1.165) is 0 Å². The van der Waals surface area contributed by atoms with Gasteiger partial charge in [-0.1, -0.05) is 42.3 Å². The van der Waals surface area contributed by atoms with Crippen LogP contribution in [0.5, 0.6) is 0 Å². The first-order valence-electron chi connectivity index (χ1n) is 9.82. The Kier molecular flexibility index (Phi) is 8.95. The van der Waals surface area contributed by atoms with Crippen molar-refractivity contribution in [2.75, 3.05) is 20.3 Å². The Hall–Kier alpha value is -2.51. The van der Waals surface area contributed by atoms with Gasteiger partial charge in [0.2, 0.25) is 0 Å². The normalized spacial score (nSPS) is 16.0. The molecule has 1 unspecified atom stereocenters. The molecule has 2 rings (SSSR count). The van der Waals surface area contributed by atoms with Crippen LogP contribution in [0.15, 0.2) is 40.7 Å². The summed E-state index contributed by atoms with van der Waals surface area (Å²) >= 11 is 12.7. The molecule has 1 N–H and O–H groups in total. The number of allylic oxidation sites excluding steroid dienone is 1. The molecule has 0 radical (unpaired) electrons. The minimum Gasteiger partial charge on any atom is -0.466 e. The van der Waals surface area contributed by atoms with Crippen LogP contribution >= 0.6 is 23.2 Å². The number of methoxy groups -OCH3 is 1. The summed E-state index contributed by atoms with van der Waals surface area (Å²) in [5, 5.41) is 3.46. The highest BCUT2D eigenvalue weighted by Crippen LogP contribution is 2.43. The first kappa shape index (κ1) is 24.8. The second-order valence-corrected chi connectivity index (χ2v) is 7.54. The highest BCUT2D eigenvalue weighted by Gasteiger charge is 2.40. The Labute approximate surface area is 191 Å². The Balaban J connectivity index is 2.70. The molecule has 1 heterocycles. The maximum atomic E-state index is 13.0. The van der Waals surface area contributed by atoms with E-state index in [1.807, 2.05) is 6.92 Å². The molecule has 7 nitrogen and oxygen atoms in total. The molecule has 1 aromatic carbocycles. The number of rotatable bonds is 8. The largest absolute Gasteiger partial charge is 0.466 e. The number of hydrogen-bond acceptors (Lipinski definition) is 7. The van der Waals surface area contributed by atoms with E-state index in [2.05, 4.69) is 5.32 Å². The van der Waals surface area contributed by atoms with Crippen LogP contribution in [0.4, 0.5) is 0 Å². The molecule has 0 aromatic heterocycles. The molecule has 0 bridgehead atoms. The standard InChI is InChI=1S/C22H25Cl2NO6/c1-5-8-16(26)31-11-15-19(22(28)30-6-2)18(13-9-7-10-14(23)20(13)24)17(12(3)25-15)21(27)29-4/h7,9-10,18,25H,5-6,8,11H2,1-4H3. The van der Waals surface area contributed by atoms with Gasteiger partial charge in [0, 0.05) is 12.1 Å². The molecular weight excluding hydrogens is 445 g/mol. The SMILES string of the molecule is CCCC(=O)OCC1=C(C(=O)OCC)C(c2cccc(Cl)c2Cl)C(C(=O)OC)=C(C)N1. The van der Waals surface area contributed by atoms with E-state index in [4.69, 9.17) is 37.4 Å². The number of benzene rings is 1. The van der Waals surface area contributed by atoms with Crippen LogP contribution in [0.2, 0.25) is 10.0 Å². The van der Waals surface area contributed by atoms with Crippen molar-refractivity contribution >= 4 is 41.1 Å². The Morgan fingerprint density at radius 3 is 2.39 bits per heavy atom. The maximum Gasteiger partial charge on any atom is 0.336 e. The maximum absolute atomic E-state index is 13.0. The quantitative estimate of drug-likeness (QED) is 0.448. The zero-order valence-electron chi connectivity index (χ0n) is 17.8. The fraction of sp³-hybridized carbons (Fsp3) is 0.409. The smallest absolute Gasteiger partial charge is 0.336 e. The van der Waals surface area contributed by atoms with Crippen molar-refractivity contribution in [3.05, 3.63) is 56.3 Å². The third kappa shape index (κ3) is 5.60. The summed E-state index contributed by atoms with van der Waals surface area (Å²) in [5.74, 6) is -2.65. The molecule has 9 heteroatoms. The highest BCUT2D eigenvalue weighted by atomic mass is 35.5. The fourth-order valence-corrected chi connectivity index (χ4v) is 3.74. The van der Waals surface area contributed by atoms with E-state index in [1.165, 1.54) is 7.11 Å². The lowest BCUT2D eigenvalue weighted by Gasteiger charge is -2.31. The summed E-state index contributed by atoms with van der Waals surface area (Å²) in [7, 11) is 1.25. The van der Waals surface area contributed by atoms with Crippen molar-refractivity contribution in [3.8, 4) is 0 Å². The fourth-order valence-electron chi connectivity index (χ4n) is 3.32. The molecule has 1 aromatic rings. The first-order valence-corrected chi connectivity index (χ1v) is 10.6. The molecule has 0 fully saturated rings. The third-order valence-electron chi connectivity index (χ3n) is 4.67. The van der Waals surface area contributed by atoms with Gasteiger partial charge in [-0.2, -0.15) is 0 Å². The second kappa shape index (κ2) is 11.2. The van der Waals surface area contributed by atoms with Gasteiger partial charge in [0.1, 0.15) is 6.61 Å². The summed E-state index contributed by atoms with van der Waals surface area (Å²) in [6.45, 7) is 5.09. The molecule has 0 aliphatic carbocycles. The molecule has 0 saturated heterocycles. The van der Waals surface area contributed by atoms with Crippen molar-refractivity contribution in [1.82, 2.24) is 5.32 Å². The predicted molar refractivity (Wildman–Crippen MR) is 117 cm³/mol. The third-order valence-corrected chi connectivity index (χ3v) is 5.50. The number of ether oxygens (including phenoxy) is 3. The number of dihydropyridines is 1. The van der Waals surface area contributed by atoms with Crippen molar-refractivity contribution in [3.63, 3.8) is 0 Å². The van der Waals surface area contributed by atoms with Crippen LogP contribution in [-0.4, -0.2) is 38.2 Å². The summed E-state index contributed by atoms with van der Waals surface area (Å²) < 4.78 is 15.5. The van der Waals surface area contributed by atoms with E-state index in [-0.39, 0.29) is 40.8 Å². The average Bonchev–Trinajstić information content (AvgIpc) is 2.73. The van der Waals surface area contributed by atoms with Gasteiger partial charge in [0.15, 0.2) is 0 Å². The highest BCUT2D eigenvalue weighted by molar-refractivity contribution is 6.42. The zero-order chi connectivity index (χ0) is 23.1. The van der Waals surface area contributed by atoms with Gasteiger partial charge in [-0.25, -0.2) is 9.59 Å². The summed E-state index contributed by atoms with van der Waals surface area (Å²) in [4.78, 5) is 37.6. The van der Waals surface area contributed by atoms with Gasteiger partial charge in [0.25, 0.3) is 0 Å². The van der Waals surface area contributed by atoms with Crippen molar-refractivity contribution < 1.29 is 28.6 Å². The van der Waals surface area contributed by atoms with Crippen LogP contribution < -0.4 is 5.32 Å². The van der Waals surface area contributed by atoms with E-state index in [0.29, 0.717) is 23.4 Å². The van der Waals surface area contributed by atoms with Crippen molar-refractivity contribution in [1.29, 1.82) is 0 Å². The van der Waals surface area contributed by atoms with Gasteiger partial charge in [-0.05, 0) is 31.9 Å². The van der Waals surface area contributed by atoms with Gasteiger partial charge >= 0.3 is 17.9 Å². The topological polar surface area (TPSA) is 90.9 Å². The van der Waals surface area contributed by atoms with Crippen LogP contribution in [0.1, 0.15) is 45.1 Å². The number of halogens is 2. The number of hydrogen-bond donors (Lipinski definition) is 1. The molecule has 0 saturated carbocycles. The van der Waals surface area contributed by atoms with Gasteiger partial charge in [-0.15, -0.1) is 0 Å². The predicted octanol–water partition coefficient (Wildman–Crippen LogP) is 4.29. The zero-order valence-corrected chi connectivity index (χ0v) is 19.4. The van der Waals surface area contributed by atoms with E-state index in [9.17, 15) is 14.4 Å². The molecular formula is C22H25Cl2NO6. The molecule has 31 heavy (non-hydrogen) atoms. The molecule has 1 aliphatic rings. The number of carbonyl (C=O) groups is 3. The summed E-state index contributed by atoms with van der Waals surface area (Å²) in [6, 6.07) is 4.93. The van der Waals surface area contributed by atoms with Crippen molar-refractivity contribution in [2.24, 2.45) is 0 Å². The minimum absolute atomic E-state index is 0.0984. The Morgan fingerprint density at radius 2 is 1.77 bits per heavy atom. The van der Waals surface area contributed by atoms with E-state index < -0.39 is 23.8 Å². The molecule has 1 aliphatic heterocycles. The average molecular weight is 470 g/mol. The van der Waals surface area contributed by atoms with Crippen molar-refractivity contribution in [2.45, 2.75) is 39.5 Å². The molecule has 0 spiro atoms. The minimum atomic E-state index is -0.932. The summed E-state index contributed by atoms with van der Waals surface area (Å²) in [6.07, 6.45) is 0.871. The van der Waals surface area contributed by atoms with Crippen LogP contribution in [-0.2, 0) is 28.6 Å². The van der Waals surface area contributed by atoms with Crippen LogP contribution in [0.25, 0.3) is 0 Å². The molecule has 1 atom stereocenters. The lowest BCUT2D eigenvalue weighted by molar-refractivity contribution is -0.144. The van der Waals surface area contributed by atoms with Crippen LogP contribution in [0.3, 0.4) is 0 Å². The second-order valence-electron chi connectivity index (χ2n) is 6.75. The molecule has 0 amide bonds. The van der Waals surface area contributed by atoms with E-state index >= 15 is 0 Å².